The molecule has 96 valence electrons. The first-order chi connectivity index (χ1) is 8.22. The molecule has 5 heteroatoms. The van der Waals surface area contributed by atoms with E-state index in [1.54, 1.807) is 19.2 Å². The lowest BCUT2D eigenvalue weighted by atomic mass is 10.1. The van der Waals surface area contributed by atoms with Crippen molar-refractivity contribution >= 4 is 0 Å². The van der Waals surface area contributed by atoms with Crippen LogP contribution >= 0.6 is 0 Å². The summed E-state index contributed by atoms with van der Waals surface area (Å²) in [5, 5.41) is 3.19. The van der Waals surface area contributed by atoms with Crippen molar-refractivity contribution in [3.63, 3.8) is 0 Å². The van der Waals surface area contributed by atoms with Gasteiger partial charge in [0, 0.05) is 26.2 Å². The fraction of sp³-hybridized carbons (Fsp3) is 0.500. The molecule has 0 aliphatic carbocycles. The molecule has 3 N–H and O–H groups in total. The third-order valence-corrected chi connectivity index (χ3v) is 2.51. The van der Waals surface area contributed by atoms with E-state index >= 15 is 0 Å². The molecule has 0 radical (unpaired) electrons. The largest absolute Gasteiger partial charge is 0.494 e. The van der Waals surface area contributed by atoms with Crippen LogP contribution in [0.4, 0.5) is 4.39 Å². The van der Waals surface area contributed by atoms with E-state index in [2.05, 4.69) is 5.32 Å². The van der Waals surface area contributed by atoms with Gasteiger partial charge in [-0.1, -0.05) is 6.07 Å². The topological polar surface area (TPSA) is 56.5 Å². The number of benzene rings is 1. The van der Waals surface area contributed by atoms with E-state index in [-0.39, 0.29) is 17.6 Å². The van der Waals surface area contributed by atoms with Gasteiger partial charge in [0.15, 0.2) is 11.6 Å². The smallest absolute Gasteiger partial charge is 0.165 e. The van der Waals surface area contributed by atoms with Gasteiger partial charge in [0.1, 0.15) is 0 Å². The van der Waals surface area contributed by atoms with Crippen molar-refractivity contribution in [1.29, 1.82) is 0 Å². The fourth-order valence-corrected chi connectivity index (χ4v) is 1.57. The number of ether oxygens (including phenoxy) is 2. The molecule has 0 amide bonds. The number of hydrogen-bond donors (Lipinski definition) is 2. The lowest BCUT2D eigenvalue weighted by molar-refractivity contribution is 0.196. The van der Waals surface area contributed by atoms with Crippen molar-refractivity contribution in [3.8, 4) is 5.75 Å². The maximum Gasteiger partial charge on any atom is 0.165 e. The summed E-state index contributed by atoms with van der Waals surface area (Å²) in [5.74, 6) is -0.140. The summed E-state index contributed by atoms with van der Waals surface area (Å²) < 4.78 is 23.3. The number of methoxy groups -OCH3 is 2. The Balaban J connectivity index is 2.71. The molecule has 0 aromatic heterocycles. The third-order valence-electron chi connectivity index (χ3n) is 2.51. The molecule has 0 bridgehead atoms. The lowest BCUT2D eigenvalue weighted by Gasteiger charge is -2.17. The fourth-order valence-electron chi connectivity index (χ4n) is 1.57. The third kappa shape index (κ3) is 3.96. The van der Waals surface area contributed by atoms with E-state index in [0.717, 1.165) is 5.56 Å². The maximum absolute atomic E-state index is 13.5. The van der Waals surface area contributed by atoms with Crippen molar-refractivity contribution in [2.45, 2.75) is 6.04 Å². The quantitative estimate of drug-likeness (QED) is 0.702. The van der Waals surface area contributed by atoms with Crippen LogP contribution in [-0.2, 0) is 4.74 Å². The number of nitrogens with two attached hydrogens (primary N) is 1. The molecule has 0 saturated carbocycles. The molecular formula is C12H19FN2O2. The maximum atomic E-state index is 13.5. The van der Waals surface area contributed by atoms with Crippen LogP contribution in [0, 0.1) is 5.82 Å². The van der Waals surface area contributed by atoms with Crippen molar-refractivity contribution in [3.05, 3.63) is 29.6 Å². The standard InChI is InChI=1S/C12H19FN2O2/c1-16-6-5-15-11(8-14)9-3-4-12(17-2)10(13)7-9/h3-4,7,11,15H,5-6,8,14H2,1-2H3. The predicted molar refractivity (Wildman–Crippen MR) is 64.6 cm³/mol. The highest BCUT2D eigenvalue weighted by atomic mass is 19.1. The number of hydrogen-bond acceptors (Lipinski definition) is 4. The molecule has 0 saturated heterocycles. The van der Waals surface area contributed by atoms with Crippen molar-refractivity contribution in [2.75, 3.05) is 33.9 Å². The van der Waals surface area contributed by atoms with Crippen molar-refractivity contribution in [1.82, 2.24) is 5.32 Å². The van der Waals surface area contributed by atoms with Crippen molar-refractivity contribution in [2.24, 2.45) is 5.73 Å². The first-order valence-electron chi connectivity index (χ1n) is 5.48. The molecule has 0 aliphatic rings. The number of rotatable bonds is 7. The highest BCUT2D eigenvalue weighted by molar-refractivity contribution is 5.31. The van der Waals surface area contributed by atoms with Gasteiger partial charge in [-0.15, -0.1) is 0 Å². The van der Waals surface area contributed by atoms with E-state index in [9.17, 15) is 4.39 Å². The Bertz CT molecular complexity index is 347. The van der Waals surface area contributed by atoms with E-state index in [1.807, 2.05) is 0 Å². The highest BCUT2D eigenvalue weighted by Gasteiger charge is 2.11. The molecule has 1 atom stereocenters. The van der Waals surface area contributed by atoms with Crippen molar-refractivity contribution < 1.29 is 13.9 Å². The van der Waals surface area contributed by atoms with Gasteiger partial charge in [-0.3, -0.25) is 0 Å². The van der Waals surface area contributed by atoms with Gasteiger partial charge in [-0.25, -0.2) is 4.39 Å². The zero-order valence-corrected chi connectivity index (χ0v) is 10.2. The number of halogens is 1. The molecule has 0 heterocycles. The molecular weight excluding hydrogens is 223 g/mol. The van der Waals surface area contributed by atoms with Gasteiger partial charge in [-0.2, -0.15) is 0 Å². The molecule has 0 fully saturated rings. The molecule has 1 aromatic rings. The van der Waals surface area contributed by atoms with Gasteiger partial charge in [0.2, 0.25) is 0 Å². The van der Waals surface area contributed by atoms with E-state index < -0.39 is 0 Å². The Morgan fingerprint density at radius 1 is 1.41 bits per heavy atom. The van der Waals surface area contributed by atoms with Crippen LogP contribution in [0.2, 0.25) is 0 Å². The summed E-state index contributed by atoms with van der Waals surface area (Å²) in [6.45, 7) is 1.66. The van der Waals surface area contributed by atoms with Gasteiger partial charge in [0.25, 0.3) is 0 Å². The average Bonchev–Trinajstić information content (AvgIpc) is 2.35. The van der Waals surface area contributed by atoms with E-state index in [0.29, 0.717) is 19.7 Å². The summed E-state index contributed by atoms with van der Waals surface area (Å²) in [7, 11) is 3.07. The van der Waals surface area contributed by atoms with Crippen LogP contribution in [0.25, 0.3) is 0 Å². The first kappa shape index (κ1) is 13.9. The lowest BCUT2D eigenvalue weighted by Crippen LogP contribution is -2.30. The molecule has 17 heavy (non-hydrogen) atoms. The minimum atomic E-state index is -0.378. The number of nitrogens with one attached hydrogen (secondary N) is 1. The summed E-state index contributed by atoms with van der Waals surface area (Å²) in [5.41, 5.74) is 6.46. The van der Waals surface area contributed by atoms with Crippen LogP contribution < -0.4 is 15.8 Å². The SMILES string of the molecule is COCCNC(CN)c1ccc(OC)c(F)c1. The zero-order valence-electron chi connectivity index (χ0n) is 10.2. The van der Waals surface area contributed by atoms with Crippen LogP contribution in [0.15, 0.2) is 18.2 Å². The Morgan fingerprint density at radius 2 is 2.18 bits per heavy atom. The molecule has 0 aliphatic heterocycles. The highest BCUT2D eigenvalue weighted by Crippen LogP contribution is 2.21. The monoisotopic (exact) mass is 242 g/mol. The Morgan fingerprint density at radius 3 is 2.71 bits per heavy atom. The predicted octanol–water partition coefficient (Wildman–Crippen LogP) is 1.07. The van der Waals surface area contributed by atoms with Crippen LogP contribution in [-0.4, -0.2) is 33.9 Å². The molecule has 1 unspecified atom stereocenters. The summed E-state index contributed by atoms with van der Waals surface area (Å²) >= 11 is 0. The molecule has 0 spiro atoms. The summed E-state index contributed by atoms with van der Waals surface area (Å²) in [6.07, 6.45) is 0. The summed E-state index contributed by atoms with van der Waals surface area (Å²) in [6, 6.07) is 4.77. The zero-order chi connectivity index (χ0) is 12.7. The average molecular weight is 242 g/mol. The Labute approximate surface area is 101 Å². The van der Waals surface area contributed by atoms with E-state index in [4.69, 9.17) is 15.2 Å². The first-order valence-corrected chi connectivity index (χ1v) is 5.48. The normalized spacial score (nSPS) is 12.5. The summed E-state index contributed by atoms with van der Waals surface area (Å²) in [4.78, 5) is 0. The van der Waals surface area contributed by atoms with Gasteiger partial charge in [0.05, 0.1) is 13.7 Å². The Hall–Kier alpha value is -1.17. The van der Waals surface area contributed by atoms with Crippen LogP contribution in [0.5, 0.6) is 5.75 Å². The minimum Gasteiger partial charge on any atom is -0.494 e. The second-order valence-corrected chi connectivity index (χ2v) is 3.63. The van der Waals surface area contributed by atoms with E-state index in [1.165, 1.54) is 13.2 Å². The van der Waals surface area contributed by atoms with Gasteiger partial charge in [-0.05, 0) is 17.7 Å². The second-order valence-electron chi connectivity index (χ2n) is 3.63. The second kappa shape index (κ2) is 7.21. The van der Waals surface area contributed by atoms with Gasteiger partial charge < -0.3 is 20.5 Å². The molecule has 1 aromatic carbocycles. The van der Waals surface area contributed by atoms with Crippen LogP contribution in [0.3, 0.4) is 0 Å². The van der Waals surface area contributed by atoms with Crippen LogP contribution in [0.1, 0.15) is 11.6 Å². The molecule has 1 rings (SSSR count). The Kier molecular flexibility index (Phi) is 5.90. The van der Waals surface area contributed by atoms with Gasteiger partial charge >= 0.3 is 0 Å². The molecule has 4 nitrogen and oxygen atoms in total. The minimum absolute atomic E-state index is 0.0782.